The van der Waals surface area contributed by atoms with Gasteiger partial charge in [-0.15, -0.1) is 10.2 Å². The maximum Gasteiger partial charge on any atom is 0.307 e. The number of carbonyl (C=O) groups is 1. The molecule has 0 saturated heterocycles. The average Bonchev–Trinajstić information content (AvgIpc) is 2.96. The summed E-state index contributed by atoms with van der Waals surface area (Å²) >= 11 is 3.35. The number of para-hydroxylation sites is 1. The van der Waals surface area contributed by atoms with Gasteiger partial charge in [-0.25, -0.2) is 0 Å². The van der Waals surface area contributed by atoms with Crippen LogP contribution in [0.1, 0.15) is 12.5 Å². The number of aromatic amines is 1. The number of H-pyrrole nitrogens is 1. The van der Waals surface area contributed by atoms with Crippen LogP contribution in [0.3, 0.4) is 0 Å². The highest BCUT2D eigenvalue weighted by atomic mass is 79.9. The number of aromatic nitrogens is 1. The van der Waals surface area contributed by atoms with Gasteiger partial charge in [0, 0.05) is 9.86 Å². The number of halogens is 1. The summed E-state index contributed by atoms with van der Waals surface area (Å²) in [5, 5.41) is 21.8. The molecule has 0 saturated carbocycles. The molecule has 1 aromatic heterocycles. The number of amides is 1. The lowest BCUT2D eigenvalue weighted by Gasteiger charge is -2.03. The van der Waals surface area contributed by atoms with Gasteiger partial charge in [0.2, 0.25) is 12.0 Å². The van der Waals surface area contributed by atoms with Crippen LogP contribution in [0.4, 0.5) is 5.69 Å². The highest BCUT2D eigenvalue weighted by Gasteiger charge is 2.15. The van der Waals surface area contributed by atoms with Gasteiger partial charge in [0.1, 0.15) is 0 Å². The van der Waals surface area contributed by atoms with E-state index in [-0.39, 0.29) is 11.6 Å². The van der Waals surface area contributed by atoms with Gasteiger partial charge in [-0.2, -0.15) is 0 Å². The van der Waals surface area contributed by atoms with Crippen molar-refractivity contribution in [3.05, 3.63) is 58.6 Å². The Morgan fingerprint density at radius 2 is 1.96 bits per heavy atom. The van der Waals surface area contributed by atoms with Gasteiger partial charge < -0.3 is 14.9 Å². The molecule has 2 N–H and O–H groups in total. The van der Waals surface area contributed by atoms with E-state index < -0.39 is 12.0 Å². The van der Waals surface area contributed by atoms with E-state index in [2.05, 4.69) is 36.3 Å². The van der Waals surface area contributed by atoms with Crippen LogP contribution in [0.25, 0.3) is 10.9 Å². The van der Waals surface area contributed by atoms with Crippen molar-refractivity contribution in [1.82, 2.24) is 4.98 Å². The van der Waals surface area contributed by atoms with Gasteiger partial charge >= 0.3 is 5.91 Å². The number of hydrogen-bond donors (Lipinski definition) is 2. The zero-order chi connectivity index (χ0) is 18.5. The van der Waals surface area contributed by atoms with Crippen molar-refractivity contribution in [1.29, 1.82) is 0 Å². The molecule has 132 valence electrons. The number of nitrogens with one attached hydrogen (secondary N) is 1. The lowest BCUT2D eigenvalue weighted by atomic mass is 10.2. The monoisotopic (exact) mass is 414 g/mol. The molecular formula is C18H15BrN4O3. The highest BCUT2D eigenvalue weighted by molar-refractivity contribution is 9.10. The summed E-state index contributed by atoms with van der Waals surface area (Å²) in [4.78, 5) is 19.9. The van der Waals surface area contributed by atoms with Gasteiger partial charge in [0.15, 0.2) is 5.69 Å². The van der Waals surface area contributed by atoms with Crippen LogP contribution < -0.4 is 0 Å². The number of oxime groups is 1. The van der Waals surface area contributed by atoms with Crippen molar-refractivity contribution >= 4 is 44.6 Å². The molecule has 0 aliphatic heterocycles. The predicted octanol–water partition coefficient (Wildman–Crippen LogP) is 4.69. The minimum absolute atomic E-state index is 0.149. The van der Waals surface area contributed by atoms with E-state index in [0.717, 1.165) is 10.0 Å². The Balaban J connectivity index is 1.64. The number of fused-ring (bicyclic) bond motifs is 1. The average molecular weight is 415 g/mol. The summed E-state index contributed by atoms with van der Waals surface area (Å²) in [6, 6.07) is 14.6. The lowest BCUT2D eigenvalue weighted by molar-refractivity contribution is -0.128. The number of azo groups is 1. The minimum Gasteiger partial charge on any atom is -0.493 e. The maximum absolute atomic E-state index is 12.0. The summed E-state index contributed by atoms with van der Waals surface area (Å²) in [6.07, 6.45) is 0.594. The standard InChI is InChI=1S/C18H15BrN4O3/c1-11(26-20-10-12-6-8-13(19)9-7-12)17(24)23-22-16-14-4-2-3-5-15(14)21-18(16)25/h2-11,21,25H,1H3/b20-10+,23-22?/t11-/m1/s1. The molecule has 3 rings (SSSR count). The van der Waals surface area contributed by atoms with Gasteiger partial charge in [-0.05, 0) is 30.7 Å². The largest absolute Gasteiger partial charge is 0.493 e. The lowest BCUT2D eigenvalue weighted by Crippen LogP contribution is -2.15. The van der Waals surface area contributed by atoms with Crippen molar-refractivity contribution in [2.24, 2.45) is 15.4 Å². The van der Waals surface area contributed by atoms with Crippen molar-refractivity contribution < 1.29 is 14.7 Å². The third-order valence-corrected chi connectivity index (χ3v) is 4.08. The molecule has 26 heavy (non-hydrogen) atoms. The number of rotatable bonds is 5. The molecule has 1 amide bonds. The summed E-state index contributed by atoms with van der Waals surface area (Å²) in [5.74, 6) is -0.757. The summed E-state index contributed by atoms with van der Waals surface area (Å²) < 4.78 is 0.958. The van der Waals surface area contributed by atoms with E-state index in [9.17, 15) is 9.90 Å². The van der Waals surface area contributed by atoms with Crippen molar-refractivity contribution in [2.45, 2.75) is 13.0 Å². The Hall–Kier alpha value is -3.00. The van der Waals surface area contributed by atoms with Crippen LogP contribution in [0, 0.1) is 0 Å². The topological polar surface area (TPSA) is 99.4 Å². The van der Waals surface area contributed by atoms with Gasteiger partial charge in [-0.3, -0.25) is 4.79 Å². The Labute approximate surface area is 157 Å². The first kappa shape index (κ1) is 17.8. The van der Waals surface area contributed by atoms with E-state index in [1.54, 1.807) is 18.2 Å². The molecule has 0 spiro atoms. The molecule has 8 heteroatoms. The third-order valence-electron chi connectivity index (χ3n) is 3.55. The van der Waals surface area contributed by atoms with E-state index >= 15 is 0 Å². The predicted molar refractivity (Wildman–Crippen MR) is 102 cm³/mol. The van der Waals surface area contributed by atoms with E-state index in [0.29, 0.717) is 10.9 Å². The van der Waals surface area contributed by atoms with Crippen LogP contribution >= 0.6 is 15.9 Å². The number of hydrogen-bond acceptors (Lipinski definition) is 5. The molecule has 0 unspecified atom stereocenters. The second-order valence-electron chi connectivity index (χ2n) is 5.44. The number of benzene rings is 2. The maximum atomic E-state index is 12.0. The van der Waals surface area contributed by atoms with E-state index in [1.807, 2.05) is 30.3 Å². The first-order valence-electron chi connectivity index (χ1n) is 7.74. The van der Waals surface area contributed by atoms with E-state index in [1.165, 1.54) is 13.1 Å². The Kier molecular flexibility index (Phi) is 5.43. The Morgan fingerprint density at radius 1 is 1.23 bits per heavy atom. The van der Waals surface area contributed by atoms with Crippen molar-refractivity contribution in [3.63, 3.8) is 0 Å². The molecule has 1 heterocycles. The SMILES string of the molecule is C[C@@H](O/N=C/c1ccc(Br)cc1)C(=O)N=Nc1c(O)[nH]c2ccccc12. The van der Waals surface area contributed by atoms with Crippen LogP contribution in [-0.4, -0.2) is 28.3 Å². The summed E-state index contributed by atoms with van der Waals surface area (Å²) in [7, 11) is 0. The van der Waals surface area contributed by atoms with Gasteiger partial charge in [0.25, 0.3) is 0 Å². The Morgan fingerprint density at radius 3 is 2.73 bits per heavy atom. The second kappa shape index (κ2) is 7.92. The van der Waals surface area contributed by atoms with Crippen molar-refractivity contribution in [3.8, 4) is 5.88 Å². The zero-order valence-electron chi connectivity index (χ0n) is 13.8. The molecule has 0 radical (unpaired) electrons. The summed E-state index contributed by atoms with van der Waals surface area (Å²) in [6.45, 7) is 1.52. The van der Waals surface area contributed by atoms with Crippen LogP contribution in [0.15, 0.2) is 68.4 Å². The fourth-order valence-electron chi connectivity index (χ4n) is 2.17. The van der Waals surface area contributed by atoms with E-state index in [4.69, 9.17) is 4.84 Å². The molecule has 1 atom stereocenters. The van der Waals surface area contributed by atoms with Crippen LogP contribution in [0.2, 0.25) is 0 Å². The Bertz CT molecular complexity index is 980. The molecule has 2 aromatic carbocycles. The van der Waals surface area contributed by atoms with Crippen LogP contribution in [-0.2, 0) is 9.63 Å². The molecule has 0 aliphatic rings. The smallest absolute Gasteiger partial charge is 0.307 e. The third kappa shape index (κ3) is 4.15. The fourth-order valence-corrected chi connectivity index (χ4v) is 2.44. The minimum atomic E-state index is -0.905. The fraction of sp³-hybridized carbons (Fsp3) is 0.111. The van der Waals surface area contributed by atoms with Crippen molar-refractivity contribution in [2.75, 3.05) is 0 Å². The normalized spacial score (nSPS) is 12.8. The molecule has 7 nitrogen and oxygen atoms in total. The van der Waals surface area contributed by atoms with Crippen LogP contribution in [0.5, 0.6) is 5.88 Å². The zero-order valence-corrected chi connectivity index (χ0v) is 15.3. The summed E-state index contributed by atoms with van der Waals surface area (Å²) in [5.41, 5.74) is 1.74. The quantitative estimate of drug-likeness (QED) is 0.359. The molecular weight excluding hydrogens is 400 g/mol. The highest BCUT2D eigenvalue weighted by Crippen LogP contribution is 2.35. The first-order valence-corrected chi connectivity index (χ1v) is 8.54. The molecule has 3 aromatic rings. The van der Waals surface area contributed by atoms with Gasteiger partial charge in [-0.1, -0.05) is 51.4 Å². The number of carbonyl (C=O) groups excluding carboxylic acids is 1. The second-order valence-corrected chi connectivity index (χ2v) is 6.36. The molecule has 0 bridgehead atoms. The molecule has 0 aliphatic carbocycles. The first-order chi connectivity index (χ1) is 12.5. The molecule has 0 fully saturated rings. The number of aromatic hydroxyl groups is 1. The van der Waals surface area contributed by atoms with Gasteiger partial charge in [0.05, 0.1) is 11.7 Å². The number of nitrogens with zero attached hydrogens (tertiary/aromatic N) is 3.